The molecule has 0 unspecified atom stereocenters. The van der Waals surface area contributed by atoms with Gasteiger partial charge in [0.2, 0.25) is 0 Å². The van der Waals surface area contributed by atoms with Gasteiger partial charge in [0.25, 0.3) is 0 Å². The summed E-state index contributed by atoms with van der Waals surface area (Å²) in [4.78, 5) is 10.9. The second kappa shape index (κ2) is 6.89. The molecule has 23 heavy (non-hydrogen) atoms. The minimum absolute atomic E-state index is 0.188. The summed E-state index contributed by atoms with van der Waals surface area (Å²) in [5.41, 5.74) is -0.188. The Balaban J connectivity index is 1.88. The molecule has 1 aromatic carbocycles. The fourth-order valence-corrected chi connectivity index (χ4v) is 2.82. The Bertz CT molecular complexity index is 662. The molecule has 2 heterocycles. The first-order chi connectivity index (χ1) is 11.1. The van der Waals surface area contributed by atoms with E-state index in [0.717, 1.165) is 31.7 Å². The van der Waals surface area contributed by atoms with Gasteiger partial charge in [0.05, 0.1) is 0 Å². The van der Waals surface area contributed by atoms with Gasteiger partial charge in [0, 0.05) is 19.2 Å². The highest BCUT2D eigenvalue weighted by Gasteiger charge is 2.15. The summed E-state index contributed by atoms with van der Waals surface area (Å²) in [6, 6.07) is 5.53. The largest absolute Gasteiger partial charge is 0.356 e. The number of rotatable bonds is 3. The molecule has 0 amide bonds. The van der Waals surface area contributed by atoms with Crippen LogP contribution in [0.25, 0.3) is 0 Å². The zero-order valence-corrected chi connectivity index (χ0v) is 13.1. The van der Waals surface area contributed by atoms with Gasteiger partial charge >= 0.3 is 0 Å². The van der Waals surface area contributed by atoms with E-state index in [-0.39, 0.29) is 5.69 Å². The molecule has 1 aliphatic heterocycles. The van der Waals surface area contributed by atoms with Gasteiger partial charge in [-0.05, 0) is 31.9 Å². The second-order valence-electron chi connectivity index (χ2n) is 5.78. The van der Waals surface area contributed by atoms with E-state index in [1.807, 2.05) is 0 Å². The number of aryl methyl sites for hydroxylation is 1. The molecule has 0 radical (unpaired) electrons. The average Bonchev–Trinajstić information content (AvgIpc) is 2.80. The first-order valence-corrected chi connectivity index (χ1v) is 7.95. The lowest BCUT2D eigenvalue weighted by molar-refractivity contribution is 0.590. The van der Waals surface area contributed by atoms with Crippen LogP contribution in [0.5, 0.6) is 0 Å². The predicted molar refractivity (Wildman–Crippen MR) is 87.1 cm³/mol. The first kappa shape index (κ1) is 15.6. The summed E-state index contributed by atoms with van der Waals surface area (Å²) < 4.78 is 27.6. The van der Waals surface area contributed by atoms with Crippen molar-refractivity contribution in [2.24, 2.45) is 0 Å². The molecule has 122 valence electrons. The maximum atomic E-state index is 13.8. The van der Waals surface area contributed by atoms with Crippen LogP contribution in [-0.2, 0) is 0 Å². The SMILES string of the molecule is Cc1nc(Nc2c(F)cccc2F)cc(N2CCCCCC2)n1. The lowest BCUT2D eigenvalue weighted by Gasteiger charge is -2.22. The van der Waals surface area contributed by atoms with Crippen LogP contribution in [0.15, 0.2) is 24.3 Å². The Labute approximate surface area is 134 Å². The van der Waals surface area contributed by atoms with Gasteiger partial charge in [0.1, 0.15) is 34.8 Å². The molecule has 0 aliphatic carbocycles. The molecule has 1 aliphatic rings. The zero-order valence-electron chi connectivity index (χ0n) is 13.1. The van der Waals surface area contributed by atoms with E-state index in [9.17, 15) is 8.78 Å². The molecule has 2 aromatic rings. The molecule has 1 aromatic heterocycles. The molecule has 1 N–H and O–H groups in total. The van der Waals surface area contributed by atoms with Crippen LogP contribution < -0.4 is 10.2 Å². The molecule has 1 saturated heterocycles. The molecule has 3 rings (SSSR count). The number of hydrogen-bond donors (Lipinski definition) is 1. The van der Waals surface area contributed by atoms with Gasteiger partial charge in [-0.15, -0.1) is 0 Å². The number of halogens is 2. The first-order valence-electron chi connectivity index (χ1n) is 7.95. The van der Waals surface area contributed by atoms with Crippen LogP contribution in [0, 0.1) is 18.6 Å². The average molecular weight is 318 g/mol. The van der Waals surface area contributed by atoms with Crippen molar-refractivity contribution >= 4 is 17.3 Å². The third-order valence-electron chi connectivity index (χ3n) is 3.97. The molecule has 1 fully saturated rings. The zero-order chi connectivity index (χ0) is 16.2. The van der Waals surface area contributed by atoms with Crippen molar-refractivity contribution < 1.29 is 8.78 Å². The Morgan fingerprint density at radius 2 is 1.65 bits per heavy atom. The highest BCUT2D eigenvalue weighted by Crippen LogP contribution is 2.25. The number of benzene rings is 1. The van der Waals surface area contributed by atoms with Crippen LogP contribution in [0.2, 0.25) is 0 Å². The minimum atomic E-state index is -0.641. The monoisotopic (exact) mass is 318 g/mol. The lowest BCUT2D eigenvalue weighted by atomic mass is 10.2. The molecule has 6 heteroatoms. The van der Waals surface area contributed by atoms with Crippen molar-refractivity contribution in [3.63, 3.8) is 0 Å². The number of nitrogens with zero attached hydrogens (tertiary/aromatic N) is 3. The third-order valence-corrected chi connectivity index (χ3v) is 3.97. The Morgan fingerprint density at radius 3 is 2.30 bits per heavy atom. The van der Waals surface area contributed by atoms with Crippen molar-refractivity contribution in [3.8, 4) is 0 Å². The number of hydrogen-bond acceptors (Lipinski definition) is 4. The summed E-state index contributed by atoms with van der Waals surface area (Å²) >= 11 is 0. The van der Waals surface area contributed by atoms with Gasteiger partial charge in [-0.25, -0.2) is 18.7 Å². The van der Waals surface area contributed by atoms with Gasteiger partial charge in [0.15, 0.2) is 0 Å². The van der Waals surface area contributed by atoms with Crippen molar-refractivity contribution in [3.05, 3.63) is 41.7 Å². The van der Waals surface area contributed by atoms with E-state index in [2.05, 4.69) is 20.2 Å². The van der Waals surface area contributed by atoms with Gasteiger partial charge in [-0.1, -0.05) is 18.9 Å². The minimum Gasteiger partial charge on any atom is -0.356 e. The Morgan fingerprint density at radius 1 is 1.00 bits per heavy atom. The van der Waals surface area contributed by atoms with Gasteiger partial charge in [-0.2, -0.15) is 0 Å². The summed E-state index contributed by atoms with van der Waals surface area (Å²) in [6.45, 7) is 3.68. The van der Waals surface area contributed by atoms with Crippen LogP contribution in [-0.4, -0.2) is 23.1 Å². The molecule has 0 atom stereocenters. The lowest BCUT2D eigenvalue weighted by Crippen LogP contribution is -2.25. The van der Waals surface area contributed by atoms with Crippen LogP contribution in [0.3, 0.4) is 0 Å². The topological polar surface area (TPSA) is 41.1 Å². The molecular weight excluding hydrogens is 298 g/mol. The second-order valence-corrected chi connectivity index (χ2v) is 5.78. The predicted octanol–water partition coefficient (Wildman–Crippen LogP) is 4.19. The van der Waals surface area contributed by atoms with Crippen molar-refractivity contribution in [2.45, 2.75) is 32.6 Å². The fourth-order valence-electron chi connectivity index (χ4n) is 2.82. The molecular formula is C17H20F2N4. The van der Waals surface area contributed by atoms with Gasteiger partial charge in [-0.3, -0.25) is 0 Å². The summed E-state index contributed by atoms with van der Waals surface area (Å²) in [6.07, 6.45) is 4.72. The van der Waals surface area contributed by atoms with E-state index < -0.39 is 11.6 Å². The van der Waals surface area contributed by atoms with Crippen LogP contribution >= 0.6 is 0 Å². The molecule has 0 spiro atoms. The highest BCUT2D eigenvalue weighted by atomic mass is 19.1. The number of nitrogens with one attached hydrogen (secondary N) is 1. The highest BCUT2D eigenvalue weighted by molar-refractivity contribution is 5.60. The number of anilines is 3. The smallest absolute Gasteiger partial charge is 0.149 e. The summed E-state index contributed by atoms with van der Waals surface area (Å²) in [5, 5.41) is 2.75. The molecule has 0 saturated carbocycles. The van der Waals surface area contributed by atoms with E-state index in [1.54, 1.807) is 13.0 Å². The fraction of sp³-hybridized carbons (Fsp3) is 0.412. The standard InChI is InChI=1S/C17H20F2N4/c1-12-20-15(22-17-13(18)7-6-8-14(17)19)11-16(21-12)23-9-4-2-3-5-10-23/h6-8,11H,2-5,9-10H2,1H3,(H,20,21,22). The normalized spacial score (nSPS) is 15.3. The summed E-state index contributed by atoms with van der Waals surface area (Å²) in [7, 11) is 0. The van der Waals surface area contributed by atoms with E-state index in [4.69, 9.17) is 0 Å². The number of aromatic nitrogens is 2. The van der Waals surface area contributed by atoms with Crippen molar-refractivity contribution in [1.82, 2.24) is 9.97 Å². The molecule has 4 nitrogen and oxygen atoms in total. The van der Waals surface area contributed by atoms with Gasteiger partial charge < -0.3 is 10.2 Å². The Kier molecular flexibility index (Phi) is 4.69. The van der Waals surface area contributed by atoms with E-state index >= 15 is 0 Å². The third kappa shape index (κ3) is 3.75. The number of para-hydroxylation sites is 1. The van der Waals surface area contributed by atoms with Crippen LogP contribution in [0.4, 0.5) is 26.1 Å². The van der Waals surface area contributed by atoms with Crippen molar-refractivity contribution in [2.75, 3.05) is 23.3 Å². The van der Waals surface area contributed by atoms with E-state index in [1.165, 1.54) is 31.0 Å². The van der Waals surface area contributed by atoms with Crippen LogP contribution in [0.1, 0.15) is 31.5 Å². The van der Waals surface area contributed by atoms with Crippen molar-refractivity contribution in [1.29, 1.82) is 0 Å². The maximum absolute atomic E-state index is 13.8. The maximum Gasteiger partial charge on any atom is 0.149 e. The Hall–Kier alpha value is -2.24. The quantitative estimate of drug-likeness (QED) is 0.921. The summed E-state index contributed by atoms with van der Waals surface area (Å²) in [5.74, 6) is 0.501. The van der Waals surface area contributed by atoms with E-state index in [0.29, 0.717) is 11.6 Å². The molecule has 0 bridgehead atoms.